The van der Waals surface area contributed by atoms with E-state index in [2.05, 4.69) is 0 Å². The number of hydrogen-bond acceptors (Lipinski definition) is 4. The smallest absolute Gasteiger partial charge is 0.324 e. The zero-order chi connectivity index (χ0) is 13.8. The largest absolute Gasteiger partial charge is 0.460 e. The predicted molar refractivity (Wildman–Crippen MR) is 68.4 cm³/mol. The first-order valence-corrected chi connectivity index (χ1v) is 7.70. The van der Waals surface area contributed by atoms with Crippen LogP contribution in [0.4, 0.5) is 0 Å². The Labute approximate surface area is 116 Å². The first kappa shape index (κ1) is 12.9. The number of hydrogen-bond donors (Lipinski definition) is 0. The highest BCUT2D eigenvalue weighted by Crippen LogP contribution is 2.35. The van der Waals surface area contributed by atoms with Crippen LogP contribution in [-0.2, 0) is 19.6 Å². The third-order valence-corrected chi connectivity index (χ3v) is 5.76. The van der Waals surface area contributed by atoms with Crippen molar-refractivity contribution in [3.05, 3.63) is 28.8 Å². The summed E-state index contributed by atoms with van der Waals surface area (Å²) in [5.41, 5.74) is 0.612. The Kier molecular flexibility index (Phi) is 2.85. The van der Waals surface area contributed by atoms with Crippen molar-refractivity contribution in [3.63, 3.8) is 0 Å². The Bertz CT molecular complexity index is 658. The lowest BCUT2D eigenvalue weighted by Gasteiger charge is -2.25. The lowest BCUT2D eigenvalue weighted by molar-refractivity contribution is -0.148. The second kappa shape index (κ2) is 4.19. The Morgan fingerprint density at radius 1 is 1.42 bits per heavy atom. The minimum absolute atomic E-state index is 0.153. The summed E-state index contributed by atoms with van der Waals surface area (Å²) in [6.45, 7) is 1.93. The number of carbonyl (C=O) groups is 1. The van der Waals surface area contributed by atoms with Crippen LogP contribution in [0.25, 0.3) is 0 Å². The molecule has 2 heterocycles. The molecule has 102 valence electrons. The number of rotatable bonds is 2. The van der Waals surface area contributed by atoms with Crippen LogP contribution in [0, 0.1) is 6.92 Å². The number of nitrogens with zero attached hydrogens (tertiary/aromatic N) is 1. The standard InChI is InChI=1S/C12H12ClNO4S/c1-7-2-3-8(13)4-11(7)19(16,17)14-6-9-5-10(14)12(15)18-9/h2-4,9-10H,5-6H2,1H3/t9-,10+/m0/s1. The third-order valence-electron chi connectivity index (χ3n) is 3.51. The van der Waals surface area contributed by atoms with E-state index in [0.717, 1.165) is 0 Å². The van der Waals surface area contributed by atoms with Crippen molar-refractivity contribution in [1.29, 1.82) is 0 Å². The molecule has 7 heteroatoms. The summed E-state index contributed by atoms with van der Waals surface area (Å²) in [4.78, 5) is 11.7. The molecule has 0 spiro atoms. The van der Waals surface area contributed by atoms with Crippen molar-refractivity contribution in [2.24, 2.45) is 0 Å². The Morgan fingerprint density at radius 3 is 2.79 bits per heavy atom. The van der Waals surface area contributed by atoms with Crippen molar-refractivity contribution in [2.75, 3.05) is 6.54 Å². The van der Waals surface area contributed by atoms with E-state index in [1.54, 1.807) is 19.1 Å². The van der Waals surface area contributed by atoms with Crippen molar-refractivity contribution < 1.29 is 17.9 Å². The molecule has 0 aromatic heterocycles. The van der Waals surface area contributed by atoms with E-state index in [0.29, 0.717) is 17.0 Å². The summed E-state index contributed by atoms with van der Waals surface area (Å²) in [7, 11) is -3.71. The number of ether oxygens (including phenoxy) is 1. The minimum atomic E-state index is -3.71. The van der Waals surface area contributed by atoms with E-state index < -0.39 is 22.0 Å². The van der Waals surface area contributed by atoms with Crippen LogP contribution >= 0.6 is 11.6 Å². The number of fused-ring (bicyclic) bond motifs is 2. The van der Waals surface area contributed by atoms with Crippen LogP contribution in [-0.4, -0.2) is 37.4 Å². The van der Waals surface area contributed by atoms with Gasteiger partial charge in [0.1, 0.15) is 12.1 Å². The Morgan fingerprint density at radius 2 is 2.16 bits per heavy atom. The van der Waals surface area contributed by atoms with Gasteiger partial charge >= 0.3 is 5.97 Å². The van der Waals surface area contributed by atoms with Gasteiger partial charge in [-0.3, -0.25) is 4.79 Å². The van der Waals surface area contributed by atoms with Crippen LogP contribution in [0.3, 0.4) is 0 Å². The molecule has 2 bridgehead atoms. The van der Waals surface area contributed by atoms with Gasteiger partial charge in [0.2, 0.25) is 10.0 Å². The number of aryl methyl sites for hydroxylation is 1. The summed E-state index contributed by atoms with van der Waals surface area (Å²) in [5, 5.41) is 0.358. The first-order valence-electron chi connectivity index (χ1n) is 5.88. The minimum Gasteiger partial charge on any atom is -0.460 e. The van der Waals surface area contributed by atoms with Gasteiger partial charge in [-0.2, -0.15) is 4.31 Å². The van der Waals surface area contributed by atoms with E-state index in [9.17, 15) is 13.2 Å². The van der Waals surface area contributed by atoms with Crippen LogP contribution in [0.2, 0.25) is 5.02 Å². The van der Waals surface area contributed by atoms with Gasteiger partial charge in [0.25, 0.3) is 0 Å². The quantitative estimate of drug-likeness (QED) is 0.773. The maximum atomic E-state index is 12.6. The molecule has 3 rings (SSSR count). The average molecular weight is 302 g/mol. The van der Waals surface area contributed by atoms with Crippen LogP contribution in [0.15, 0.2) is 23.1 Å². The van der Waals surface area contributed by atoms with Gasteiger partial charge in [0.05, 0.1) is 11.4 Å². The number of sulfonamides is 1. The average Bonchev–Trinajstić information content (AvgIpc) is 2.91. The molecule has 1 aromatic carbocycles. The van der Waals surface area contributed by atoms with Gasteiger partial charge < -0.3 is 4.74 Å². The molecule has 0 amide bonds. The monoisotopic (exact) mass is 301 g/mol. The maximum absolute atomic E-state index is 12.6. The highest BCUT2D eigenvalue weighted by molar-refractivity contribution is 7.89. The summed E-state index contributed by atoms with van der Waals surface area (Å²) < 4.78 is 31.4. The molecule has 5 nitrogen and oxygen atoms in total. The molecule has 2 saturated heterocycles. The molecule has 2 atom stereocenters. The second-order valence-corrected chi connectivity index (χ2v) is 7.09. The first-order chi connectivity index (χ1) is 8.89. The van der Waals surface area contributed by atoms with Crippen LogP contribution in [0.1, 0.15) is 12.0 Å². The van der Waals surface area contributed by atoms with Crippen LogP contribution < -0.4 is 0 Å². The van der Waals surface area contributed by atoms with E-state index in [1.165, 1.54) is 10.4 Å². The molecule has 2 aliphatic heterocycles. The third kappa shape index (κ3) is 1.94. The molecule has 0 radical (unpaired) electrons. The predicted octanol–water partition coefficient (Wildman–Crippen LogP) is 1.34. The SMILES string of the molecule is Cc1ccc(Cl)cc1S(=O)(=O)N1C[C@@H]2C[C@@H]1C(=O)O2. The van der Waals surface area contributed by atoms with E-state index >= 15 is 0 Å². The molecule has 19 heavy (non-hydrogen) atoms. The number of benzene rings is 1. The Balaban J connectivity index is 2.04. The zero-order valence-corrected chi connectivity index (χ0v) is 11.7. The molecule has 2 fully saturated rings. The fourth-order valence-electron chi connectivity index (χ4n) is 2.55. The van der Waals surface area contributed by atoms with E-state index in [4.69, 9.17) is 16.3 Å². The van der Waals surface area contributed by atoms with Gasteiger partial charge in [0.15, 0.2) is 0 Å². The topological polar surface area (TPSA) is 63.7 Å². The lowest BCUT2D eigenvalue weighted by atomic mass is 10.2. The van der Waals surface area contributed by atoms with Crippen LogP contribution in [0.5, 0.6) is 0 Å². The summed E-state index contributed by atoms with van der Waals surface area (Å²) >= 11 is 5.86. The number of carbonyl (C=O) groups excluding carboxylic acids is 1. The summed E-state index contributed by atoms with van der Waals surface area (Å²) in [6.07, 6.45) is 0.129. The molecule has 0 aliphatic carbocycles. The highest BCUT2D eigenvalue weighted by atomic mass is 35.5. The highest BCUT2D eigenvalue weighted by Gasteiger charge is 2.51. The molecule has 1 aromatic rings. The summed E-state index contributed by atoms with van der Waals surface area (Å²) in [5.74, 6) is -0.459. The second-order valence-electron chi connectivity index (χ2n) is 4.79. The maximum Gasteiger partial charge on any atom is 0.324 e. The molecule has 0 unspecified atom stereocenters. The van der Waals surface area contributed by atoms with Gasteiger partial charge in [-0.25, -0.2) is 8.42 Å². The molecular weight excluding hydrogens is 290 g/mol. The van der Waals surface area contributed by atoms with Gasteiger partial charge in [-0.15, -0.1) is 0 Å². The van der Waals surface area contributed by atoms with Crippen molar-refractivity contribution in [3.8, 4) is 0 Å². The van der Waals surface area contributed by atoms with Gasteiger partial charge in [-0.1, -0.05) is 17.7 Å². The van der Waals surface area contributed by atoms with Gasteiger partial charge in [-0.05, 0) is 24.6 Å². The zero-order valence-electron chi connectivity index (χ0n) is 10.2. The number of morpholine rings is 1. The molecule has 2 aliphatic rings. The van der Waals surface area contributed by atoms with Crippen molar-refractivity contribution in [1.82, 2.24) is 4.31 Å². The lowest BCUT2D eigenvalue weighted by Crippen LogP contribution is -2.44. The fourth-order valence-corrected chi connectivity index (χ4v) is 4.66. The molecule has 0 saturated carbocycles. The molecular formula is C12H12ClNO4S. The van der Waals surface area contributed by atoms with Gasteiger partial charge in [0, 0.05) is 11.4 Å². The van der Waals surface area contributed by atoms with Crippen molar-refractivity contribution >= 4 is 27.6 Å². The van der Waals surface area contributed by atoms with Crippen molar-refractivity contribution in [2.45, 2.75) is 30.4 Å². The molecule has 0 N–H and O–H groups in total. The summed E-state index contributed by atoms with van der Waals surface area (Å²) in [6, 6.07) is 4.03. The normalized spacial score (nSPS) is 26.7. The Hall–Kier alpha value is -1.11. The number of esters is 1. The number of halogens is 1. The van der Waals surface area contributed by atoms with E-state index in [1.807, 2.05) is 0 Å². The fraction of sp³-hybridized carbons (Fsp3) is 0.417. The van der Waals surface area contributed by atoms with E-state index in [-0.39, 0.29) is 17.5 Å².